The van der Waals surface area contributed by atoms with Crippen LogP contribution in [0.5, 0.6) is 0 Å². The predicted molar refractivity (Wildman–Crippen MR) is 95.7 cm³/mol. The van der Waals surface area contributed by atoms with Gasteiger partial charge >= 0.3 is 5.97 Å². The molecule has 0 spiro atoms. The van der Waals surface area contributed by atoms with Gasteiger partial charge in [0.25, 0.3) is 5.78 Å². The van der Waals surface area contributed by atoms with Crippen molar-refractivity contribution < 1.29 is 23.5 Å². The van der Waals surface area contributed by atoms with Gasteiger partial charge in [-0.3, -0.25) is 4.79 Å². The number of carbonyl (C=O) groups excluding carboxylic acids is 2. The smallest absolute Gasteiger partial charge is 0.379 e. The first kappa shape index (κ1) is 20.5. The minimum absolute atomic E-state index is 0.0531. The molecule has 0 amide bonds. The second-order valence-electron chi connectivity index (χ2n) is 7.05. The fraction of sp³-hybridized carbons (Fsp3) is 0.556. The van der Waals surface area contributed by atoms with Gasteiger partial charge in [-0.15, -0.1) is 0 Å². The van der Waals surface area contributed by atoms with Crippen LogP contribution in [0.4, 0.5) is 0 Å². The van der Waals surface area contributed by atoms with Crippen LogP contribution in [-0.4, -0.2) is 46.5 Å². The number of hydrogen-bond donors (Lipinski definition) is 0. The van der Waals surface area contributed by atoms with Crippen LogP contribution in [0, 0.1) is 0 Å². The topological polar surface area (TPSA) is 61.8 Å². The molecule has 0 atom stereocenters. The third-order valence-corrected chi connectivity index (χ3v) is 8.72. The summed E-state index contributed by atoms with van der Waals surface area (Å²) in [5, 5.41) is 0.167. The van der Waals surface area contributed by atoms with Crippen LogP contribution in [0.15, 0.2) is 30.3 Å². The number of benzene rings is 1. The summed E-state index contributed by atoms with van der Waals surface area (Å²) in [5.41, 5.74) is 0.325. The second kappa shape index (κ2) is 9.10. The standard InChI is InChI=1S/C18H28O5Si/c1-18(2,3)24(4,5)23-14-12-21-11-13-22-17(20)16(19)15-9-7-6-8-10-15/h6-10H,11-14H2,1-5H3. The zero-order valence-electron chi connectivity index (χ0n) is 15.3. The maximum absolute atomic E-state index is 11.8. The number of rotatable bonds is 9. The molecule has 24 heavy (non-hydrogen) atoms. The average molecular weight is 353 g/mol. The third kappa shape index (κ3) is 6.55. The monoisotopic (exact) mass is 352 g/mol. The molecule has 0 aromatic heterocycles. The lowest BCUT2D eigenvalue weighted by molar-refractivity contribution is -0.139. The van der Waals surface area contributed by atoms with E-state index in [1.54, 1.807) is 30.3 Å². The van der Waals surface area contributed by atoms with E-state index in [0.717, 1.165) is 0 Å². The van der Waals surface area contributed by atoms with Crippen LogP contribution in [0.25, 0.3) is 0 Å². The largest absolute Gasteiger partial charge is 0.457 e. The molecule has 1 aromatic rings. The molecule has 0 aliphatic heterocycles. The summed E-state index contributed by atoms with van der Waals surface area (Å²) in [7, 11) is -1.75. The molecule has 0 aliphatic carbocycles. The van der Waals surface area contributed by atoms with Gasteiger partial charge in [0.2, 0.25) is 0 Å². The average Bonchev–Trinajstić information content (AvgIpc) is 2.52. The molecule has 0 bridgehead atoms. The number of Topliss-reactive ketones (excluding diaryl/α,β-unsaturated/α-hetero) is 1. The van der Waals surface area contributed by atoms with Crippen LogP contribution in [0.2, 0.25) is 18.1 Å². The van der Waals surface area contributed by atoms with Crippen molar-refractivity contribution in [1.29, 1.82) is 0 Å². The number of carbonyl (C=O) groups is 2. The highest BCUT2D eigenvalue weighted by Gasteiger charge is 2.36. The molecule has 0 radical (unpaired) electrons. The molecule has 0 unspecified atom stereocenters. The van der Waals surface area contributed by atoms with Crippen molar-refractivity contribution in [2.24, 2.45) is 0 Å². The van der Waals surface area contributed by atoms with Gasteiger partial charge in [-0.25, -0.2) is 4.79 Å². The van der Waals surface area contributed by atoms with Gasteiger partial charge in [0, 0.05) is 5.56 Å². The Labute approximate surface area is 145 Å². The summed E-state index contributed by atoms with van der Waals surface area (Å²) >= 11 is 0. The lowest BCUT2D eigenvalue weighted by Crippen LogP contribution is -2.41. The Hall–Kier alpha value is -1.50. The molecule has 0 N–H and O–H groups in total. The molecule has 1 aromatic carbocycles. The predicted octanol–water partition coefficient (Wildman–Crippen LogP) is 3.45. The molecule has 0 saturated heterocycles. The van der Waals surface area contributed by atoms with Gasteiger partial charge in [0.1, 0.15) is 6.61 Å². The van der Waals surface area contributed by atoms with Gasteiger partial charge in [-0.1, -0.05) is 51.1 Å². The van der Waals surface area contributed by atoms with Crippen LogP contribution in [0.3, 0.4) is 0 Å². The van der Waals surface area contributed by atoms with Crippen molar-refractivity contribution in [1.82, 2.24) is 0 Å². The lowest BCUT2D eigenvalue weighted by Gasteiger charge is -2.36. The van der Waals surface area contributed by atoms with Gasteiger partial charge in [0.15, 0.2) is 8.32 Å². The third-order valence-electron chi connectivity index (χ3n) is 4.18. The van der Waals surface area contributed by atoms with Gasteiger partial charge < -0.3 is 13.9 Å². The van der Waals surface area contributed by atoms with Crippen LogP contribution < -0.4 is 0 Å². The summed E-state index contributed by atoms with van der Waals surface area (Å²) in [5.74, 6) is -1.50. The Morgan fingerprint density at radius 3 is 2.12 bits per heavy atom. The maximum atomic E-state index is 11.8. The van der Waals surface area contributed by atoms with Crippen LogP contribution >= 0.6 is 0 Å². The summed E-state index contributed by atoms with van der Waals surface area (Å²) in [6.45, 7) is 12.2. The summed E-state index contributed by atoms with van der Waals surface area (Å²) < 4.78 is 16.3. The highest BCUT2D eigenvalue weighted by Crippen LogP contribution is 2.36. The number of hydrogen-bond acceptors (Lipinski definition) is 5. The van der Waals surface area contributed by atoms with E-state index in [0.29, 0.717) is 18.8 Å². The van der Waals surface area contributed by atoms with Gasteiger partial charge in [-0.2, -0.15) is 0 Å². The Bertz CT molecular complexity index is 534. The Balaban J connectivity index is 2.16. The molecule has 134 valence electrons. The number of esters is 1. The van der Waals surface area contributed by atoms with Crippen molar-refractivity contribution >= 4 is 20.1 Å². The second-order valence-corrected chi connectivity index (χ2v) is 11.9. The van der Waals surface area contributed by atoms with E-state index in [9.17, 15) is 9.59 Å². The lowest BCUT2D eigenvalue weighted by atomic mass is 10.1. The Morgan fingerprint density at radius 2 is 1.54 bits per heavy atom. The Kier molecular flexibility index (Phi) is 7.79. The zero-order valence-corrected chi connectivity index (χ0v) is 16.3. The number of ether oxygens (including phenoxy) is 2. The fourth-order valence-electron chi connectivity index (χ4n) is 1.64. The summed E-state index contributed by atoms with van der Waals surface area (Å²) in [6, 6.07) is 8.34. The quantitative estimate of drug-likeness (QED) is 0.224. The van der Waals surface area contributed by atoms with E-state index < -0.39 is 20.1 Å². The first-order valence-corrected chi connectivity index (χ1v) is 11.0. The molecule has 0 aliphatic rings. The molecule has 0 fully saturated rings. The minimum atomic E-state index is -1.75. The van der Waals surface area contributed by atoms with E-state index >= 15 is 0 Å². The van der Waals surface area contributed by atoms with E-state index in [4.69, 9.17) is 13.9 Å². The van der Waals surface area contributed by atoms with E-state index in [1.165, 1.54) is 0 Å². The van der Waals surface area contributed by atoms with Crippen molar-refractivity contribution in [3.8, 4) is 0 Å². The summed E-state index contributed by atoms with van der Waals surface area (Å²) in [4.78, 5) is 23.4. The first-order valence-electron chi connectivity index (χ1n) is 8.13. The molecular weight excluding hydrogens is 324 g/mol. The zero-order chi connectivity index (χ0) is 18.2. The van der Waals surface area contributed by atoms with E-state index in [1.807, 2.05) is 0 Å². The fourth-order valence-corrected chi connectivity index (χ4v) is 2.67. The minimum Gasteiger partial charge on any atom is -0.457 e. The normalized spacial score (nSPS) is 12.0. The number of ketones is 1. The highest BCUT2D eigenvalue weighted by molar-refractivity contribution is 6.74. The molecule has 6 heteroatoms. The van der Waals surface area contributed by atoms with Crippen molar-refractivity contribution in [2.45, 2.75) is 38.9 Å². The SMILES string of the molecule is CC(C)(C)[Si](C)(C)OCCOCCOC(=O)C(=O)c1ccccc1. The Morgan fingerprint density at radius 1 is 0.958 bits per heavy atom. The van der Waals surface area contributed by atoms with Crippen molar-refractivity contribution in [3.05, 3.63) is 35.9 Å². The summed E-state index contributed by atoms with van der Waals surface area (Å²) in [6.07, 6.45) is 0. The molecule has 0 heterocycles. The van der Waals surface area contributed by atoms with Gasteiger partial charge in [-0.05, 0) is 18.1 Å². The van der Waals surface area contributed by atoms with Crippen molar-refractivity contribution in [2.75, 3.05) is 26.4 Å². The van der Waals surface area contributed by atoms with Crippen LogP contribution in [-0.2, 0) is 18.7 Å². The van der Waals surface area contributed by atoms with E-state index in [2.05, 4.69) is 33.9 Å². The molecular formula is C18H28O5Si. The molecule has 1 rings (SSSR count). The first-order chi connectivity index (χ1) is 11.1. The van der Waals surface area contributed by atoms with Gasteiger partial charge in [0.05, 0.1) is 19.8 Å². The van der Waals surface area contributed by atoms with E-state index in [-0.39, 0.29) is 18.3 Å². The molecule has 0 saturated carbocycles. The molecule has 5 nitrogen and oxygen atoms in total. The highest BCUT2D eigenvalue weighted by atomic mass is 28.4. The van der Waals surface area contributed by atoms with Crippen molar-refractivity contribution in [3.63, 3.8) is 0 Å². The maximum Gasteiger partial charge on any atom is 0.379 e. The van der Waals surface area contributed by atoms with Crippen LogP contribution in [0.1, 0.15) is 31.1 Å².